The van der Waals surface area contributed by atoms with E-state index in [1.165, 1.54) is 6.33 Å². The minimum absolute atomic E-state index is 0.469. The van der Waals surface area contributed by atoms with Crippen molar-refractivity contribution in [3.63, 3.8) is 0 Å². The summed E-state index contributed by atoms with van der Waals surface area (Å²) in [6.45, 7) is 3.22. The van der Waals surface area contributed by atoms with E-state index in [-0.39, 0.29) is 0 Å². The molecule has 10 heteroatoms. The van der Waals surface area contributed by atoms with Gasteiger partial charge in [-0.3, -0.25) is 4.68 Å². The lowest BCUT2D eigenvalue weighted by Gasteiger charge is -2.07. The number of rotatable bonds is 6. The van der Waals surface area contributed by atoms with E-state index in [0.29, 0.717) is 35.9 Å². The molecule has 0 aliphatic rings. The number of anilines is 1. The fraction of sp³-hybridized carbons (Fsp3) is 0.143. The minimum atomic E-state index is 0.469. The molecule has 10 nitrogen and oxygen atoms in total. The van der Waals surface area contributed by atoms with Gasteiger partial charge in [0, 0.05) is 24.5 Å². The summed E-state index contributed by atoms with van der Waals surface area (Å²) < 4.78 is 3.65. The normalized spacial score (nSPS) is 11.0. The molecule has 0 aliphatic carbocycles. The summed E-state index contributed by atoms with van der Waals surface area (Å²) in [6, 6.07) is 13.4. The van der Waals surface area contributed by atoms with Gasteiger partial charge in [0.05, 0.1) is 29.4 Å². The molecule has 1 aromatic carbocycles. The number of hydrogen-bond donors (Lipinski definition) is 2. The molecule has 0 atom stereocenters. The molecule has 5 aromatic rings. The van der Waals surface area contributed by atoms with Crippen LogP contribution in [0.25, 0.3) is 28.2 Å². The van der Waals surface area contributed by atoms with Crippen molar-refractivity contribution in [3.05, 3.63) is 66.5 Å². The average molecular weight is 410 g/mol. The van der Waals surface area contributed by atoms with Crippen LogP contribution in [0.15, 0.2) is 55.1 Å². The van der Waals surface area contributed by atoms with Crippen molar-refractivity contribution in [2.45, 2.75) is 20.0 Å². The van der Waals surface area contributed by atoms with E-state index < -0.39 is 0 Å². The number of fused-ring (bicyclic) bond motifs is 1. The van der Waals surface area contributed by atoms with Crippen LogP contribution in [0.5, 0.6) is 0 Å². The molecule has 0 aliphatic heterocycles. The zero-order valence-corrected chi connectivity index (χ0v) is 16.7. The zero-order chi connectivity index (χ0) is 21.2. The van der Waals surface area contributed by atoms with Gasteiger partial charge in [0.15, 0.2) is 5.65 Å². The van der Waals surface area contributed by atoms with Gasteiger partial charge in [-0.25, -0.2) is 9.50 Å². The van der Waals surface area contributed by atoms with E-state index in [9.17, 15) is 5.26 Å². The summed E-state index contributed by atoms with van der Waals surface area (Å²) in [5.74, 6) is 1.40. The fourth-order valence-electron chi connectivity index (χ4n) is 3.49. The molecule has 0 saturated heterocycles. The minimum Gasteiger partial charge on any atom is -0.363 e. The second-order valence-corrected chi connectivity index (χ2v) is 6.82. The van der Waals surface area contributed by atoms with Crippen LogP contribution in [0.3, 0.4) is 0 Å². The first-order valence-corrected chi connectivity index (χ1v) is 9.77. The maximum absolute atomic E-state index is 9.34. The summed E-state index contributed by atoms with van der Waals surface area (Å²) in [6.07, 6.45) is 5.17. The van der Waals surface area contributed by atoms with E-state index >= 15 is 0 Å². The molecule has 152 valence electrons. The van der Waals surface area contributed by atoms with E-state index in [1.54, 1.807) is 16.8 Å². The van der Waals surface area contributed by atoms with Gasteiger partial charge in [-0.1, -0.05) is 12.1 Å². The monoisotopic (exact) mass is 410 g/mol. The van der Waals surface area contributed by atoms with Crippen LogP contribution in [0.4, 0.5) is 5.82 Å². The molecule has 0 saturated carbocycles. The van der Waals surface area contributed by atoms with Crippen molar-refractivity contribution in [1.82, 2.24) is 39.6 Å². The molecule has 0 bridgehead atoms. The highest BCUT2D eigenvalue weighted by Gasteiger charge is 2.21. The Morgan fingerprint density at radius 3 is 2.97 bits per heavy atom. The first-order valence-electron chi connectivity index (χ1n) is 9.77. The van der Waals surface area contributed by atoms with Gasteiger partial charge in [-0.2, -0.15) is 15.5 Å². The van der Waals surface area contributed by atoms with Crippen molar-refractivity contribution < 1.29 is 0 Å². The van der Waals surface area contributed by atoms with Crippen molar-refractivity contribution in [1.29, 1.82) is 5.26 Å². The number of aromatic nitrogens is 8. The summed E-state index contributed by atoms with van der Waals surface area (Å²) in [4.78, 5) is 7.78. The largest absolute Gasteiger partial charge is 0.363 e. The molecule has 31 heavy (non-hydrogen) atoms. The van der Waals surface area contributed by atoms with Gasteiger partial charge in [0.1, 0.15) is 23.7 Å². The molecule has 4 heterocycles. The summed E-state index contributed by atoms with van der Waals surface area (Å²) in [5.41, 5.74) is 4.63. The van der Waals surface area contributed by atoms with E-state index in [2.05, 4.69) is 31.7 Å². The van der Waals surface area contributed by atoms with Crippen LogP contribution in [0.2, 0.25) is 0 Å². The van der Waals surface area contributed by atoms with E-state index in [4.69, 9.17) is 10.1 Å². The summed E-state index contributed by atoms with van der Waals surface area (Å²) >= 11 is 0. The van der Waals surface area contributed by atoms with Gasteiger partial charge >= 0.3 is 0 Å². The molecule has 2 N–H and O–H groups in total. The zero-order valence-electron chi connectivity index (χ0n) is 16.7. The van der Waals surface area contributed by atoms with Crippen LogP contribution < -0.4 is 5.32 Å². The number of nitrogens with zero attached hydrogens (tertiary/aromatic N) is 8. The number of nitrogens with one attached hydrogen (secondary N) is 2. The lowest BCUT2D eigenvalue weighted by Crippen LogP contribution is -2.04. The predicted molar refractivity (Wildman–Crippen MR) is 114 cm³/mol. The molecule has 5 rings (SSSR count). The number of aryl methyl sites for hydroxylation is 1. The number of aromatic amines is 1. The Morgan fingerprint density at radius 2 is 2.16 bits per heavy atom. The Morgan fingerprint density at radius 1 is 1.23 bits per heavy atom. The summed E-state index contributed by atoms with van der Waals surface area (Å²) in [7, 11) is 0. The van der Waals surface area contributed by atoms with Crippen molar-refractivity contribution in [3.8, 4) is 28.6 Å². The second kappa shape index (κ2) is 7.72. The van der Waals surface area contributed by atoms with Crippen molar-refractivity contribution in [2.75, 3.05) is 5.32 Å². The summed E-state index contributed by atoms with van der Waals surface area (Å²) in [5, 5.41) is 29.6. The molecular formula is C21H18N10. The van der Waals surface area contributed by atoms with E-state index in [0.717, 1.165) is 22.5 Å². The highest BCUT2D eigenvalue weighted by atomic mass is 15.3. The van der Waals surface area contributed by atoms with Gasteiger partial charge in [-0.15, -0.1) is 10.2 Å². The lowest BCUT2D eigenvalue weighted by atomic mass is 10.0. The molecule has 0 spiro atoms. The van der Waals surface area contributed by atoms with Crippen LogP contribution in [0.1, 0.15) is 18.3 Å². The Kier molecular flexibility index (Phi) is 4.61. The quantitative estimate of drug-likeness (QED) is 0.441. The fourth-order valence-corrected chi connectivity index (χ4v) is 3.49. The maximum Gasteiger partial charge on any atom is 0.167 e. The standard InChI is InChI=1S/C21H18N10/c1-2-30-16(6-8-26-30)19-20(15-5-3-4-14(10-15)11-22)29-31-9-7-17(27-21(19)31)23-12-18-24-13-25-28-18/h3-10,13H,2,12H2,1H3,(H,23,27)(H,24,25,28). The molecule has 0 amide bonds. The molecule has 0 unspecified atom stereocenters. The van der Waals surface area contributed by atoms with Crippen LogP contribution in [-0.4, -0.2) is 39.6 Å². The molecule has 0 fully saturated rings. The highest BCUT2D eigenvalue weighted by molar-refractivity contribution is 5.89. The van der Waals surface area contributed by atoms with Gasteiger partial charge < -0.3 is 10.3 Å². The van der Waals surface area contributed by atoms with Gasteiger partial charge in [-0.05, 0) is 31.2 Å². The third-order valence-corrected chi connectivity index (χ3v) is 4.93. The Labute approximate surface area is 177 Å². The number of nitriles is 1. The van der Waals surface area contributed by atoms with Crippen LogP contribution in [-0.2, 0) is 13.1 Å². The third kappa shape index (κ3) is 3.38. The topological polar surface area (TPSA) is 125 Å². The molecule has 0 radical (unpaired) electrons. The van der Waals surface area contributed by atoms with Crippen molar-refractivity contribution in [2.24, 2.45) is 0 Å². The van der Waals surface area contributed by atoms with Crippen LogP contribution in [0, 0.1) is 11.3 Å². The first kappa shape index (κ1) is 18.5. The predicted octanol–water partition coefficient (Wildman–Crippen LogP) is 2.88. The second-order valence-electron chi connectivity index (χ2n) is 6.82. The Hall–Kier alpha value is -4.52. The number of H-pyrrole nitrogens is 1. The average Bonchev–Trinajstić information content (AvgIpc) is 3.56. The lowest BCUT2D eigenvalue weighted by molar-refractivity contribution is 0.667. The van der Waals surface area contributed by atoms with Crippen LogP contribution >= 0.6 is 0 Å². The Bertz CT molecular complexity index is 1390. The van der Waals surface area contributed by atoms with E-state index in [1.807, 2.05) is 48.1 Å². The van der Waals surface area contributed by atoms with Gasteiger partial charge in [0.25, 0.3) is 0 Å². The SMILES string of the molecule is CCn1nccc1-c1c(-c2cccc(C#N)c2)nn2ccc(NCc3nnc[nH]3)nc12. The number of hydrogen-bond acceptors (Lipinski definition) is 7. The maximum atomic E-state index is 9.34. The van der Waals surface area contributed by atoms with Gasteiger partial charge in [0.2, 0.25) is 0 Å². The third-order valence-electron chi connectivity index (χ3n) is 4.93. The molecule has 4 aromatic heterocycles. The highest BCUT2D eigenvalue weighted by Crippen LogP contribution is 2.35. The number of benzene rings is 1. The Balaban J connectivity index is 1.67. The smallest absolute Gasteiger partial charge is 0.167 e. The first-order chi connectivity index (χ1) is 15.3. The molecular weight excluding hydrogens is 392 g/mol. The van der Waals surface area contributed by atoms with Crippen molar-refractivity contribution >= 4 is 11.5 Å².